The van der Waals surface area contributed by atoms with Crippen LogP contribution in [0.5, 0.6) is 11.5 Å². The van der Waals surface area contributed by atoms with E-state index in [1.54, 1.807) is 11.3 Å². The van der Waals surface area contributed by atoms with Crippen molar-refractivity contribution in [3.63, 3.8) is 0 Å². The van der Waals surface area contributed by atoms with Gasteiger partial charge in [0.25, 0.3) is 0 Å². The highest BCUT2D eigenvalue weighted by atomic mass is 32.1. The first kappa shape index (κ1) is 17.5. The van der Waals surface area contributed by atoms with Crippen molar-refractivity contribution < 1.29 is 19.0 Å². The maximum Gasteiger partial charge on any atom is 0.310 e. The summed E-state index contributed by atoms with van der Waals surface area (Å²) in [5.74, 6) is 1.09. The Labute approximate surface area is 161 Å². The fraction of sp³-hybridized carbons (Fsp3) is 0.238. The van der Waals surface area contributed by atoms with Gasteiger partial charge in [0.1, 0.15) is 24.8 Å². The summed E-state index contributed by atoms with van der Waals surface area (Å²) in [7, 11) is 0. The van der Waals surface area contributed by atoms with E-state index in [-0.39, 0.29) is 19.0 Å². The SMILES string of the molecule is Cc1ccc(-c2nc(COC(=O)Cc3ccc4c(c3)OCCO4)cs2)cc1. The first-order valence-corrected chi connectivity index (χ1v) is 9.61. The molecule has 27 heavy (non-hydrogen) atoms. The topological polar surface area (TPSA) is 57.7 Å². The summed E-state index contributed by atoms with van der Waals surface area (Å²) >= 11 is 1.55. The lowest BCUT2D eigenvalue weighted by atomic mass is 10.1. The predicted molar refractivity (Wildman–Crippen MR) is 103 cm³/mol. The van der Waals surface area contributed by atoms with Crippen LogP contribution < -0.4 is 9.47 Å². The molecule has 0 bridgehead atoms. The lowest BCUT2D eigenvalue weighted by Gasteiger charge is -2.18. The molecule has 0 N–H and O–H groups in total. The molecule has 1 aromatic heterocycles. The average molecular weight is 381 g/mol. The van der Waals surface area contributed by atoms with Crippen molar-refractivity contribution in [3.05, 3.63) is 64.7 Å². The predicted octanol–water partition coefficient (Wildman–Crippen LogP) is 4.18. The summed E-state index contributed by atoms with van der Waals surface area (Å²) in [6, 6.07) is 13.7. The van der Waals surface area contributed by atoms with Gasteiger partial charge in [-0.25, -0.2) is 4.98 Å². The van der Waals surface area contributed by atoms with Gasteiger partial charge in [0.05, 0.1) is 12.1 Å². The van der Waals surface area contributed by atoms with Crippen LogP contribution in [0.3, 0.4) is 0 Å². The van der Waals surface area contributed by atoms with Crippen molar-refractivity contribution in [1.29, 1.82) is 0 Å². The molecule has 6 heteroatoms. The maximum absolute atomic E-state index is 12.1. The summed E-state index contributed by atoms with van der Waals surface area (Å²) in [6.07, 6.45) is 0.186. The number of aryl methyl sites for hydroxylation is 1. The molecular formula is C21H19NO4S. The number of carbonyl (C=O) groups is 1. The molecular weight excluding hydrogens is 362 g/mol. The summed E-state index contributed by atoms with van der Waals surface area (Å²) in [5.41, 5.74) is 3.87. The summed E-state index contributed by atoms with van der Waals surface area (Å²) in [5, 5.41) is 2.85. The molecule has 1 aliphatic heterocycles. The third-order valence-electron chi connectivity index (χ3n) is 4.19. The molecule has 0 saturated heterocycles. The standard InChI is InChI=1S/C21H19NO4S/c1-14-2-5-16(6-3-14)21-22-17(13-27-21)12-26-20(23)11-15-4-7-18-19(10-15)25-9-8-24-18/h2-7,10,13H,8-9,11-12H2,1H3. The van der Waals surface area contributed by atoms with E-state index < -0.39 is 0 Å². The van der Waals surface area contributed by atoms with Gasteiger partial charge < -0.3 is 14.2 Å². The van der Waals surface area contributed by atoms with E-state index in [1.165, 1.54) is 5.56 Å². The minimum Gasteiger partial charge on any atom is -0.486 e. The number of thiazole rings is 1. The molecule has 1 aliphatic rings. The first-order valence-electron chi connectivity index (χ1n) is 8.73. The van der Waals surface area contributed by atoms with Gasteiger partial charge in [-0.1, -0.05) is 35.9 Å². The van der Waals surface area contributed by atoms with Crippen molar-refractivity contribution in [3.8, 4) is 22.1 Å². The van der Waals surface area contributed by atoms with Crippen LogP contribution in [0.15, 0.2) is 47.8 Å². The Morgan fingerprint density at radius 2 is 1.89 bits per heavy atom. The number of esters is 1. The van der Waals surface area contributed by atoms with Gasteiger partial charge in [0, 0.05) is 10.9 Å². The van der Waals surface area contributed by atoms with Crippen molar-refractivity contribution in [2.45, 2.75) is 20.0 Å². The quantitative estimate of drug-likeness (QED) is 0.621. The molecule has 3 aromatic rings. The lowest BCUT2D eigenvalue weighted by Crippen LogP contribution is -2.16. The number of hydrogen-bond acceptors (Lipinski definition) is 6. The summed E-state index contributed by atoms with van der Waals surface area (Å²) in [6.45, 7) is 3.30. The smallest absolute Gasteiger partial charge is 0.310 e. The van der Waals surface area contributed by atoms with Crippen LogP contribution in [0, 0.1) is 6.92 Å². The first-order chi connectivity index (χ1) is 13.2. The number of benzene rings is 2. The molecule has 0 aliphatic carbocycles. The highest BCUT2D eigenvalue weighted by Crippen LogP contribution is 2.31. The minimum atomic E-state index is -0.295. The van der Waals surface area contributed by atoms with Gasteiger partial charge in [-0.15, -0.1) is 11.3 Å². The zero-order chi connectivity index (χ0) is 18.6. The van der Waals surface area contributed by atoms with Crippen LogP contribution >= 0.6 is 11.3 Å². The van der Waals surface area contributed by atoms with Crippen LogP contribution in [0.1, 0.15) is 16.8 Å². The van der Waals surface area contributed by atoms with Crippen molar-refractivity contribution in [2.24, 2.45) is 0 Å². The van der Waals surface area contributed by atoms with Crippen LogP contribution in [-0.4, -0.2) is 24.2 Å². The van der Waals surface area contributed by atoms with Gasteiger partial charge in [-0.05, 0) is 24.6 Å². The van der Waals surface area contributed by atoms with Crippen LogP contribution in [0.4, 0.5) is 0 Å². The number of hydrogen-bond donors (Lipinski definition) is 0. The molecule has 138 valence electrons. The van der Waals surface area contributed by atoms with Gasteiger partial charge in [-0.3, -0.25) is 4.79 Å². The Morgan fingerprint density at radius 1 is 1.11 bits per heavy atom. The van der Waals surface area contributed by atoms with Crippen LogP contribution in [0.25, 0.3) is 10.6 Å². The normalized spacial score (nSPS) is 12.6. The van der Waals surface area contributed by atoms with E-state index in [0.717, 1.165) is 21.8 Å². The fourth-order valence-corrected chi connectivity index (χ4v) is 3.58. The number of carbonyl (C=O) groups excluding carboxylic acids is 1. The van der Waals surface area contributed by atoms with E-state index in [9.17, 15) is 4.79 Å². The molecule has 2 heterocycles. The molecule has 0 fully saturated rings. The van der Waals surface area contributed by atoms with E-state index >= 15 is 0 Å². The number of ether oxygens (including phenoxy) is 3. The zero-order valence-electron chi connectivity index (χ0n) is 14.9. The third-order valence-corrected chi connectivity index (χ3v) is 5.13. The zero-order valence-corrected chi connectivity index (χ0v) is 15.8. The van der Waals surface area contributed by atoms with Crippen molar-refractivity contribution in [1.82, 2.24) is 4.98 Å². The largest absolute Gasteiger partial charge is 0.486 e. The third kappa shape index (κ3) is 4.28. The van der Waals surface area contributed by atoms with Crippen molar-refractivity contribution >= 4 is 17.3 Å². The fourth-order valence-electron chi connectivity index (χ4n) is 2.77. The molecule has 0 spiro atoms. The average Bonchev–Trinajstić information content (AvgIpc) is 3.16. The molecule has 0 amide bonds. The van der Waals surface area contributed by atoms with Crippen LogP contribution in [-0.2, 0) is 22.6 Å². The monoisotopic (exact) mass is 381 g/mol. The molecule has 5 nitrogen and oxygen atoms in total. The molecule has 0 radical (unpaired) electrons. The van der Waals surface area contributed by atoms with Gasteiger partial charge >= 0.3 is 5.97 Å². The molecule has 0 unspecified atom stereocenters. The Kier molecular flexibility index (Phi) is 5.07. The van der Waals surface area contributed by atoms with Gasteiger partial charge in [0.15, 0.2) is 11.5 Å². The second-order valence-electron chi connectivity index (χ2n) is 6.33. The second kappa shape index (κ2) is 7.80. The van der Waals surface area contributed by atoms with E-state index in [1.807, 2.05) is 35.7 Å². The minimum absolute atomic E-state index is 0.172. The van der Waals surface area contributed by atoms with Gasteiger partial charge in [-0.2, -0.15) is 0 Å². The molecule has 4 rings (SSSR count). The Balaban J connectivity index is 1.34. The van der Waals surface area contributed by atoms with E-state index in [4.69, 9.17) is 14.2 Å². The molecule has 0 atom stereocenters. The molecule has 0 saturated carbocycles. The number of nitrogens with zero attached hydrogens (tertiary/aromatic N) is 1. The Bertz CT molecular complexity index is 949. The Morgan fingerprint density at radius 3 is 2.70 bits per heavy atom. The Hall–Kier alpha value is -2.86. The number of aromatic nitrogens is 1. The lowest BCUT2D eigenvalue weighted by molar-refractivity contribution is -0.144. The van der Waals surface area contributed by atoms with E-state index in [2.05, 4.69) is 24.0 Å². The summed E-state index contributed by atoms with van der Waals surface area (Å²) < 4.78 is 16.4. The second-order valence-corrected chi connectivity index (χ2v) is 7.18. The van der Waals surface area contributed by atoms with Gasteiger partial charge in [0.2, 0.25) is 0 Å². The number of rotatable bonds is 5. The van der Waals surface area contributed by atoms with Crippen molar-refractivity contribution in [2.75, 3.05) is 13.2 Å². The van der Waals surface area contributed by atoms with E-state index in [0.29, 0.717) is 24.7 Å². The molecule has 2 aromatic carbocycles. The maximum atomic E-state index is 12.1. The highest BCUT2D eigenvalue weighted by Gasteiger charge is 2.14. The number of fused-ring (bicyclic) bond motifs is 1. The van der Waals surface area contributed by atoms with Crippen LogP contribution in [0.2, 0.25) is 0 Å². The highest BCUT2D eigenvalue weighted by molar-refractivity contribution is 7.13. The summed E-state index contributed by atoms with van der Waals surface area (Å²) in [4.78, 5) is 16.7.